The van der Waals surface area contributed by atoms with E-state index in [1.165, 1.54) is 0 Å². The minimum Gasteiger partial charge on any atom is -0.377 e. The van der Waals surface area contributed by atoms with Gasteiger partial charge in [-0.2, -0.15) is 0 Å². The van der Waals surface area contributed by atoms with Gasteiger partial charge in [-0.3, -0.25) is 18.4 Å². The summed E-state index contributed by atoms with van der Waals surface area (Å²) in [5.41, 5.74) is 7.07. The number of anilines is 2. The molecule has 0 bridgehead atoms. The molecule has 0 saturated carbocycles. The molecule has 56 heavy (non-hydrogen) atoms. The number of imidazole rings is 2. The van der Waals surface area contributed by atoms with Crippen LogP contribution in [-0.2, 0) is 0 Å². The van der Waals surface area contributed by atoms with Crippen LogP contribution in [0, 0.1) is 0 Å². The fourth-order valence-electron chi connectivity index (χ4n) is 7.36. The van der Waals surface area contributed by atoms with Crippen LogP contribution in [0.2, 0.25) is 0 Å². The molecule has 6 aromatic carbocycles. The van der Waals surface area contributed by atoms with Crippen molar-refractivity contribution in [1.82, 2.24) is 18.8 Å². The Morgan fingerprint density at radius 3 is 1.16 bits per heavy atom. The number of rotatable bonds is 2. The second kappa shape index (κ2) is 17.5. The molecule has 4 heterocycles. The Kier molecular flexibility index (Phi) is 12.7. The molecule has 0 aliphatic heterocycles. The van der Waals surface area contributed by atoms with Gasteiger partial charge in [0.2, 0.25) is 0 Å². The second-order valence-corrected chi connectivity index (χ2v) is 12.6. The molecule has 8 nitrogen and oxygen atoms in total. The van der Waals surface area contributed by atoms with Gasteiger partial charge >= 0.3 is 0 Å². The topological polar surface area (TPSA) is 75.2 Å². The molecular formula is C48H54N6O2. The Balaban J connectivity index is 0.000000182. The second-order valence-electron chi connectivity index (χ2n) is 12.6. The molecule has 0 saturated heterocycles. The van der Waals surface area contributed by atoms with Crippen molar-refractivity contribution in [2.24, 2.45) is 0 Å². The van der Waals surface area contributed by atoms with Crippen LogP contribution in [0.3, 0.4) is 0 Å². The molecule has 0 N–H and O–H groups in total. The van der Waals surface area contributed by atoms with Crippen LogP contribution < -0.4 is 20.9 Å². The lowest BCUT2D eigenvalue weighted by molar-refractivity contribution is 1.14. The van der Waals surface area contributed by atoms with Gasteiger partial charge in [0, 0.05) is 82.7 Å². The minimum absolute atomic E-state index is 0.00675. The summed E-state index contributed by atoms with van der Waals surface area (Å²) < 4.78 is 3.48. The Bertz CT molecular complexity index is 2860. The third kappa shape index (κ3) is 6.59. The van der Waals surface area contributed by atoms with Crippen molar-refractivity contribution in [3.8, 4) is 0 Å². The predicted molar refractivity (Wildman–Crippen MR) is 244 cm³/mol. The first-order chi connectivity index (χ1) is 27.3. The van der Waals surface area contributed by atoms with Gasteiger partial charge in [-0.1, -0.05) is 110 Å². The number of pyridine rings is 2. The minimum atomic E-state index is -0.00675. The molecule has 0 spiro atoms. The maximum Gasteiger partial charge on any atom is 0.264 e. The van der Waals surface area contributed by atoms with Crippen molar-refractivity contribution in [1.29, 1.82) is 0 Å². The molecule has 10 aromatic rings. The first-order valence-electron chi connectivity index (χ1n) is 19.8. The summed E-state index contributed by atoms with van der Waals surface area (Å²) in [4.78, 5) is 39.9. The van der Waals surface area contributed by atoms with E-state index in [1.807, 2.05) is 162 Å². The zero-order valence-electron chi connectivity index (χ0n) is 34.9. The third-order valence-corrected chi connectivity index (χ3v) is 9.47. The van der Waals surface area contributed by atoms with E-state index in [9.17, 15) is 9.59 Å². The van der Waals surface area contributed by atoms with E-state index in [2.05, 4.69) is 40.1 Å². The van der Waals surface area contributed by atoms with Crippen molar-refractivity contribution < 1.29 is 0 Å². The number of aromatic nitrogens is 4. The first-order valence-corrected chi connectivity index (χ1v) is 19.8. The van der Waals surface area contributed by atoms with Gasteiger partial charge in [0.05, 0.1) is 22.1 Å². The monoisotopic (exact) mass is 746 g/mol. The Hall–Kier alpha value is -6.28. The first kappa shape index (κ1) is 40.9. The van der Waals surface area contributed by atoms with Crippen LogP contribution in [0.4, 0.5) is 11.4 Å². The Morgan fingerprint density at radius 2 is 0.732 bits per heavy atom. The number of fused-ring (bicyclic) bond motifs is 8. The van der Waals surface area contributed by atoms with Gasteiger partial charge in [0.15, 0.2) is 0 Å². The highest BCUT2D eigenvalue weighted by Crippen LogP contribution is 2.36. The van der Waals surface area contributed by atoms with E-state index in [4.69, 9.17) is 9.97 Å². The molecule has 0 aliphatic carbocycles. The van der Waals surface area contributed by atoms with Crippen LogP contribution in [0.5, 0.6) is 0 Å². The fourth-order valence-corrected chi connectivity index (χ4v) is 7.36. The number of nitrogens with zero attached hydrogens (tertiary/aromatic N) is 6. The molecule has 0 fully saturated rings. The molecule has 4 aromatic heterocycles. The average molecular weight is 747 g/mol. The summed E-state index contributed by atoms with van der Waals surface area (Å²) in [6, 6.07) is 35.8. The molecule has 8 heteroatoms. The van der Waals surface area contributed by atoms with E-state index < -0.39 is 0 Å². The lowest BCUT2D eigenvalue weighted by atomic mass is 10.0. The highest BCUT2D eigenvalue weighted by atomic mass is 16.1. The molecule has 10 rings (SSSR count). The molecule has 0 amide bonds. The summed E-state index contributed by atoms with van der Waals surface area (Å²) in [5.74, 6) is 0. The van der Waals surface area contributed by atoms with E-state index in [1.54, 1.807) is 8.80 Å². The molecule has 0 atom stereocenters. The van der Waals surface area contributed by atoms with Crippen molar-refractivity contribution in [3.63, 3.8) is 0 Å². The lowest BCUT2D eigenvalue weighted by Crippen LogP contribution is -2.15. The van der Waals surface area contributed by atoms with Crippen molar-refractivity contribution >= 4 is 87.8 Å². The zero-order valence-corrected chi connectivity index (χ0v) is 34.9. The smallest absolute Gasteiger partial charge is 0.264 e. The number of hydrogen-bond donors (Lipinski definition) is 0. The van der Waals surface area contributed by atoms with E-state index in [-0.39, 0.29) is 11.1 Å². The number of benzene rings is 6. The summed E-state index contributed by atoms with van der Waals surface area (Å²) in [7, 11) is 8.07. The van der Waals surface area contributed by atoms with Crippen LogP contribution in [0.25, 0.3) is 76.5 Å². The number of hydrogen-bond acceptors (Lipinski definition) is 6. The third-order valence-electron chi connectivity index (χ3n) is 9.47. The fraction of sp³-hybridized carbons (Fsp3) is 0.250. The maximum atomic E-state index is 13.2. The highest BCUT2D eigenvalue weighted by Gasteiger charge is 2.19. The van der Waals surface area contributed by atoms with Crippen LogP contribution in [0.1, 0.15) is 55.4 Å². The molecule has 0 radical (unpaired) electrons. The molecule has 0 unspecified atom stereocenters. The predicted octanol–water partition coefficient (Wildman–Crippen LogP) is 11.4. The van der Waals surface area contributed by atoms with Gasteiger partial charge in [0.1, 0.15) is 11.3 Å². The van der Waals surface area contributed by atoms with Gasteiger partial charge in [-0.15, -0.1) is 0 Å². The Labute approximate surface area is 328 Å². The van der Waals surface area contributed by atoms with E-state index in [0.29, 0.717) is 0 Å². The molecular weight excluding hydrogens is 693 g/mol. The summed E-state index contributed by atoms with van der Waals surface area (Å²) in [6.45, 7) is 16.0. The molecule has 0 aliphatic rings. The largest absolute Gasteiger partial charge is 0.377 e. The van der Waals surface area contributed by atoms with E-state index in [0.717, 1.165) is 87.8 Å². The van der Waals surface area contributed by atoms with Crippen LogP contribution in [-0.4, -0.2) is 47.0 Å². The van der Waals surface area contributed by atoms with Gasteiger partial charge in [0.25, 0.3) is 11.1 Å². The zero-order chi connectivity index (χ0) is 40.8. The van der Waals surface area contributed by atoms with Crippen molar-refractivity contribution in [3.05, 3.63) is 130 Å². The highest BCUT2D eigenvalue weighted by molar-refractivity contribution is 6.20. The SMILES string of the molecule is CC.CC.CC.CC.CN(C)c1ccc2c(=O)n3c4ccccc4nc3c3cccc1c23.CN(C)c1ccc2c3c1cccc3c(=O)n1c3ccccc3nc21. The number of para-hydroxylation sites is 4. The van der Waals surface area contributed by atoms with E-state index >= 15 is 0 Å². The normalized spacial score (nSPS) is 10.6. The van der Waals surface area contributed by atoms with Crippen LogP contribution >= 0.6 is 0 Å². The average Bonchev–Trinajstić information content (AvgIpc) is 3.85. The Morgan fingerprint density at radius 1 is 0.393 bits per heavy atom. The summed E-state index contributed by atoms with van der Waals surface area (Å²) >= 11 is 0. The van der Waals surface area contributed by atoms with Crippen molar-refractivity contribution in [2.45, 2.75) is 55.4 Å². The summed E-state index contributed by atoms with van der Waals surface area (Å²) in [5, 5.41) is 7.67. The van der Waals surface area contributed by atoms with Gasteiger partial charge < -0.3 is 9.80 Å². The molecule has 288 valence electrons. The lowest BCUT2D eigenvalue weighted by Gasteiger charge is -2.17. The van der Waals surface area contributed by atoms with Gasteiger partial charge in [-0.05, 0) is 54.6 Å². The van der Waals surface area contributed by atoms with Gasteiger partial charge in [-0.25, -0.2) is 9.97 Å². The van der Waals surface area contributed by atoms with Crippen molar-refractivity contribution in [2.75, 3.05) is 38.0 Å². The maximum absolute atomic E-state index is 13.2. The van der Waals surface area contributed by atoms with Crippen LogP contribution in [0.15, 0.2) is 119 Å². The standard InChI is InChI=1S/2C20H15N3O.4C2H6/c1-22(2)16-11-10-13-18-12(16)6-5-7-14(18)20(24)23-17-9-4-3-8-15(17)21-19(13)23;1-22(2)16-11-10-14-18-12(16)6-5-7-13(18)19-21-15-8-3-4-9-17(15)23(19)20(14)24;4*1-2/h2*3-11H,1-2H3;4*1-2H3. The quantitative estimate of drug-likeness (QED) is 0.175. The summed E-state index contributed by atoms with van der Waals surface area (Å²) in [6.07, 6.45) is 0.